The monoisotopic (exact) mass is 449 g/mol. The lowest BCUT2D eigenvalue weighted by molar-refractivity contribution is -0.124. The van der Waals surface area contributed by atoms with Crippen molar-refractivity contribution < 1.29 is 4.79 Å². The standard InChI is InChI=1S/C29H43N3O/c1-3-5-13-22-32(23-14-6-4-2)28(25-18-11-8-12-19-25)27(24-16-9-7-10-17-24)31-29(33)26-20-15-21-30-26/h7-12,16-19,26-28,30H,3-6,13-15,20-23H2,1-2H3,(H,31,33)/t26-,27-,28-/m1/s1. The van der Waals surface area contributed by atoms with Gasteiger partial charge in [-0.05, 0) is 56.4 Å². The first-order valence-corrected chi connectivity index (χ1v) is 13.1. The van der Waals surface area contributed by atoms with Crippen molar-refractivity contribution >= 4 is 5.91 Å². The molecule has 2 aromatic carbocycles. The second kappa shape index (κ2) is 14.2. The molecule has 1 fully saturated rings. The topological polar surface area (TPSA) is 44.4 Å². The van der Waals surface area contributed by atoms with Gasteiger partial charge in [-0.15, -0.1) is 0 Å². The molecule has 4 nitrogen and oxygen atoms in total. The van der Waals surface area contributed by atoms with Crippen LogP contribution in [0.15, 0.2) is 60.7 Å². The molecule has 3 atom stereocenters. The number of nitrogens with zero attached hydrogens (tertiary/aromatic N) is 1. The lowest BCUT2D eigenvalue weighted by Crippen LogP contribution is -2.47. The fraction of sp³-hybridized carbons (Fsp3) is 0.552. The number of benzene rings is 2. The molecular formula is C29H43N3O. The summed E-state index contributed by atoms with van der Waals surface area (Å²) in [6.45, 7) is 7.56. The van der Waals surface area contributed by atoms with E-state index in [0.717, 1.165) is 32.5 Å². The summed E-state index contributed by atoms with van der Waals surface area (Å²) in [5.41, 5.74) is 2.45. The van der Waals surface area contributed by atoms with Crippen molar-refractivity contribution in [2.24, 2.45) is 0 Å². The van der Waals surface area contributed by atoms with Gasteiger partial charge in [0.15, 0.2) is 0 Å². The predicted octanol–water partition coefficient (Wildman–Crippen LogP) is 6.02. The fourth-order valence-corrected chi connectivity index (χ4v) is 4.95. The zero-order valence-corrected chi connectivity index (χ0v) is 20.6. The van der Waals surface area contributed by atoms with Crippen LogP contribution in [-0.4, -0.2) is 36.5 Å². The highest BCUT2D eigenvalue weighted by Gasteiger charge is 2.33. The number of carbonyl (C=O) groups is 1. The molecule has 1 amide bonds. The van der Waals surface area contributed by atoms with E-state index in [-0.39, 0.29) is 24.0 Å². The molecule has 1 aliphatic rings. The van der Waals surface area contributed by atoms with Crippen molar-refractivity contribution in [3.8, 4) is 0 Å². The molecule has 2 N–H and O–H groups in total. The highest BCUT2D eigenvalue weighted by atomic mass is 16.2. The zero-order chi connectivity index (χ0) is 23.3. The van der Waals surface area contributed by atoms with E-state index < -0.39 is 0 Å². The molecule has 180 valence electrons. The summed E-state index contributed by atoms with van der Waals surface area (Å²) in [5.74, 6) is 0.129. The molecule has 33 heavy (non-hydrogen) atoms. The van der Waals surface area contributed by atoms with E-state index >= 15 is 0 Å². The van der Waals surface area contributed by atoms with Crippen LogP contribution >= 0.6 is 0 Å². The number of hydrogen-bond donors (Lipinski definition) is 2. The summed E-state index contributed by atoms with van der Waals surface area (Å²) in [7, 11) is 0. The van der Waals surface area contributed by atoms with E-state index in [1.807, 2.05) is 0 Å². The van der Waals surface area contributed by atoms with E-state index in [2.05, 4.69) is 90.0 Å². The second-order valence-corrected chi connectivity index (χ2v) is 9.35. The minimum atomic E-state index is -0.0910. The predicted molar refractivity (Wildman–Crippen MR) is 138 cm³/mol. The molecule has 0 unspecified atom stereocenters. The Balaban J connectivity index is 1.97. The third kappa shape index (κ3) is 7.68. The van der Waals surface area contributed by atoms with Gasteiger partial charge in [-0.25, -0.2) is 0 Å². The smallest absolute Gasteiger partial charge is 0.237 e. The lowest BCUT2D eigenvalue weighted by Gasteiger charge is -2.39. The fourth-order valence-electron chi connectivity index (χ4n) is 4.95. The normalized spacial score (nSPS) is 17.7. The lowest BCUT2D eigenvalue weighted by atomic mass is 9.91. The summed E-state index contributed by atoms with van der Waals surface area (Å²) >= 11 is 0. The summed E-state index contributed by atoms with van der Waals surface area (Å²) in [5, 5.41) is 6.87. The molecule has 3 rings (SSSR count). The SMILES string of the molecule is CCCCCN(CCCCC)[C@H](c1ccccc1)[C@H](NC(=O)[C@H]1CCCN1)c1ccccc1. The van der Waals surface area contributed by atoms with E-state index in [1.165, 1.54) is 49.7 Å². The molecule has 1 aliphatic heterocycles. The number of carbonyl (C=O) groups excluding carboxylic acids is 1. The van der Waals surface area contributed by atoms with Crippen molar-refractivity contribution in [1.29, 1.82) is 0 Å². The van der Waals surface area contributed by atoms with Gasteiger partial charge in [0, 0.05) is 0 Å². The van der Waals surface area contributed by atoms with Crippen molar-refractivity contribution in [3.05, 3.63) is 71.8 Å². The van der Waals surface area contributed by atoms with Gasteiger partial charge in [-0.1, -0.05) is 100 Å². The zero-order valence-electron chi connectivity index (χ0n) is 20.6. The van der Waals surface area contributed by atoms with Crippen molar-refractivity contribution in [3.63, 3.8) is 0 Å². The number of amides is 1. The van der Waals surface area contributed by atoms with Gasteiger partial charge >= 0.3 is 0 Å². The van der Waals surface area contributed by atoms with E-state index in [0.29, 0.717) is 0 Å². The summed E-state index contributed by atoms with van der Waals surface area (Å²) in [6, 6.07) is 21.3. The first-order valence-electron chi connectivity index (χ1n) is 13.1. The molecule has 1 saturated heterocycles. The molecule has 0 radical (unpaired) electrons. The Morgan fingerprint density at radius 3 is 2.00 bits per heavy atom. The Kier molecular flexibility index (Phi) is 10.9. The van der Waals surface area contributed by atoms with Crippen LogP contribution < -0.4 is 10.6 Å². The number of rotatable bonds is 14. The van der Waals surface area contributed by atoms with Gasteiger partial charge in [0.05, 0.1) is 18.1 Å². The number of nitrogens with one attached hydrogen (secondary N) is 2. The summed E-state index contributed by atoms with van der Waals surface area (Å²) in [4.78, 5) is 16.0. The molecule has 0 aliphatic carbocycles. The van der Waals surface area contributed by atoms with Crippen LogP contribution in [-0.2, 0) is 4.79 Å². The average molecular weight is 450 g/mol. The Labute approximate surface area is 201 Å². The van der Waals surface area contributed by atoms with Crippen LogP contribution in [0.5, 0.6) is 0 Å². The number of unbranched alkanes of at least 4 members (excludes halogenated alkanes) is 4. The van der Waals surface area contributed by atoms with Gasteiger partial charge in [0.1, 0.15) is 0 Å². The van der Waals surface area contributed by atoms with Crippen LogP contribution in [0.3, 0.4) is 0 Å². The molecule has 0 saturated carbocycles. The largest absolute Gasteiger partial charge is 0.346 e. The minimum Gasteiger partial charge on any atom is -0.346 e. The third-order valence-corrected chi connectivity index (χ3v) is 6.78. The maximum absolute atomic E-state index is 13.3. The van der Waals surface area contributed by atoms with E-state index in [9.17, 15) is 4.79 Å². The van der Waals surface area contributed by atoms with E-state index in [4.69, 9.17) is 0 Å². The van der Waals surface area contributed by atoms with Gasteiger partial charge in [-0.3, -0.25) is 9.69 Å². The molecule has 1 heterocycles. The molecule has 0 aromatic heterocycles. The molecule has 4 heteroatoms. The molecular weight excluding hydrogens is 406 g/mol. The maximum atomic E-state index is 13.3. The third-order valence-electron chi connectivity index (χ3n) is 6.78. The van der Waals surface area contributed by atoms with Crippen LogP contribution in [0.1, 0.15) is 88.4 Å². The van der Waals surface area contributed by atoms with Gasteiger partial charge in [0.2, 0.25) is 5.91 Å². The second-order valence-electron chi connectivity index (χ2n) is 9.35. The highest BCUT2D eigenvalue weighted by molar-refractivity contribution is 5.82. The van der Waals surface area contributed by atoms with Crippen LogP contribution in [0.4, 0.5) is 0 Å². The van der Waals surface area contributed by atoms with Crippen molar-refractivity contribution in [1.82, 2.24) is 15.5 Å². The maximum Gasteiger partial charge on any atom is 0.237 e. The average Bonchev–Trinajstić information content (AvgIpc) is 3.40. The van der Waals surface area contributed by atoms with Crippen LogP contribution in [0.2, 0.25) is 0 Å². The Bertz CT molecular complexity index is 779. The Morgan fingerprint density at radius 2 is 1.48 bits per heavy atom. The van der Waals surface area contributed by atoms with E-state index in [1.54, 1.807) is 0 Å². The quantitative estimate of drug-likeness (QED) is 0.347. The first-order chi connectivity index (χ1) is 16.2. The first kappa shape index (κ1) is 25.5. The Morgan fingerprint density at radius 1 is 0.909 bits per heavy atom. The molecule has 0 bridgehead atoms. The van der Waals surface area contributed by atoms with Gasteiger partial charge in [0.25, 0.3) is 0 Å². The Hall–Kier alpha value is -2.17. The minimum absolute atomic E-state index is 0.0822. The van der Waals surface area contributed by atoms with Crippen molar-refractivity contribution in [2.45, 2.75) is 83.3 Å². The molecule has 0 spiro atoms. The summed E-state index contributed by atoms with van der Waals surface area (Å²) in [6.07, 6.45) is 9.25. The summed E-state index contributed by atoms with van der Waals surface area (Å²) < 4.78 is 0. The van der Waals surface area contributed by atoms with Crippen molar-refractivity contribution in [2.75, 3.05) is 19.6 Å². The van der Waals surface area contributed by atoms with Crippen LogP contribution in [0.25, 0.3) is 0 Å². The van der Waals surface area contributed by atoms with Crippen LogP contribution in [0, 0.1) is 0 Å². The van der Waals surface area contributed by atoms with Gasteiger partial charge < -0.3 is 10.6 Å². The highest BCUT2D eigenvalue weighted by Crippen LogP contribution is 2.35. The molecule has 2 aromatic rings. The number of hydrogen-bond acceptors (Lipinski definition) is 3. The van der Waals surface area contributed by atoms with Gasteiger partial charge in [-0.2, -0.15) is 0 Å².